The molecule has 0 saturated carbocycles. The molecule has 15 heavy (non-hydrogen) atoms. The third-order valence-corrected chi connectivity index (χ3v) is 2.00. The fourth-order valence-corrected chi connectivity index (χ4v) is 1.45. The highest BCUT2D eigenvalue weighted by atomic mass is 79.9. The van der Waals surface area contributed by atoms with E-state index in [4.69, 9.17) is 4.74 Å². The van der Waals surface area contributed by atoms with Crippen molar-refractivity contribution in [3.05, 3.63) is 32.5 Å². The summed E-state index contributed by atoms with van der Waals surface area (Å²) in [5.74, 6) is -1.07. The average molecular weight is 278 g/mol. The molecule has 82 valence electrons. The van der Waals surface area contributed by atoms with Crippen LogP contribution in [0.4, 0.5) is 10.1 Å². The fraction of sp³-hybridized carbons (Fsp3) is 0.333. The summed E-state index contributed by atoms with van der Waals surface area (Å²) in [6.45, 7) is 3.34. The third kappa shape index (κ3) is 2.89. The monoisotopic (exact) mass is 277 g/mol. The summed E-state index contributed by atoms with van der Waals surface area (Å²) in [5, 5.41) is 10.6. The van der Waals surface area contributed by atoms with Crippen molar-refractivity contribution in [1.82, 2.24) is 0 Å². The van der Waals surface area contributed by atoms with Crippen LogP contribution in [-0.4, -0.2) is 11.0 Å². The summed E-state index contributed by atoms with van der Waals surface area (Å²) in [6.07, 6.45) is -0.320. The number of nitro benzene ring substituents is 1. The van der Waals surface area contributed by atoms with Crippen LogP contribution in [0.1, 0.15) is 13.8 Å². The van der Waals surface area contributed by atoms with Crippen molar-refractivity contribution in [2.24, 2.45) is 0 Å². The summed E-state index contributed by atoms with van der Waals surface area (Å²) in [6, 6.07) is 2.34. The standard InChI is InChI=1S/C9H9BrFNO3/c1-5(2)15-9-7(11)3-6(10)4-8(9)12(13)14/h3-5H,1-2H3. The number of hydrogen-bond donors (Lipinski definition) is 0. The number of halogens is 2. The lowest BCUT2D eigenvalue weighted by Crippen LogP contribution is -2.09. The lowest BCUT2D eigenvalue weighted by Gasteiger charge is -2.10. The summed E-state index contributed by atoms with van der Waals surface area (Å²) in [5.41, 5.74) is -0.379. The van der Waals surface area contributed by atoms with Gasteiger partial charge in [0.2, 0.25) is 5.75 Å². The van der Waals surface area contributed by atoms with Crippen molar-refractivity contribution in [2.45, 2.75) is 20.0 Å². The molecule has 0 N–H and O–H groups in total. The molecule has 1 aromatic rings. The number of rotatable bonds is 3. The van der Waals surface area contributed by atoms with Crippen molar-refractivity contribution >= 4 is 21.6 Å². The topological polar surface area (TPSA) is 52.4 Å². The molecule has 0 aliphatic carbocycles. The SMILES string of the molecule is CC(C)Oc1c(F)cc(Br)cc1[N+](=O)[O-]. The van der Waals surface area contributed by atoms with Crippen LogP contribution in [0.15, 0.2) is 16.6 Å². The molecule has 0 aliphatic heterocycles. The third-order valence-electron chi connectivity index (χ3n) is 1.54. The highest BCUT2D eigenvalue weighted by Gasteiger charge is 2.21. The van der Waals surface area contributed by atoms with Crippen LogP contribution >= 0.6 is 15.9 Å². The molecule has 0 bridgehead atoms. The van der Waals surface area contributed by atoms with Gasteiger partial charge in [0.15, 0.2) is 5.82 Å². The predicted molar refractivity (Wildman–Crippen MR) is 56.5 cm³/mol. The van der Waals surface area contributed by atoms with Gasteiger partial charge in [-0.05, 0) is 19.9 Å². The Morgan fingerprint density at radius 3 is 2.60 bits per heavy atom. The van der Waals surface area contributed by atoms with Gasteiger partial charge in [-0.15, -0.1) is 0 Å². The molecule has 0 radical (unpaired) electrons. The Morgan fingerprint density at radius 1 is 1.53 bits per heavy atom. The van der Waals surface area contributed by atoms with E-state index >= 15 is 0 Å². The molecular formula is C9H9BrFNO3. The minimum absolute atomic E-state index is 0.308. The van der Waals surface area contributed by atoms with E-state index < -0.39 is 10.7 Å². The molecular weight excluding hydrogens is 269 g/mol. The quantitative estimate of drug-likeness (QED) is 0.629. The molecule has 1 rings (SSSR count). The molecule has 0 atom stereocenters. The maximum Gasteiger partial charge on any atom is 0.315 e. The first-order chi connectivity index (χ1) is 6.91. The van der Waals surface area contributed by atoms with Crippen molar-refractivity contribution in [2.75, 3.05) is 0 Å². The van der Waals surface area contributed by atoms with Gasteiger partial charge in [-0.2, -0.15) is 0 Å². The Hall–Kier alpha value is -1.17. The molecule has 0 heterocycles. The van der Waals surface area contributed by atoms with E-state index in [9.17, 15) is 14.5 Å². The normalized spacial score (nSPS) is 10.5. The minimum Gasteiger partial charge on any atom is -0.482 e. The first kappa shape index (κ1) is 11.9. The van der Waals surface area contributed by atoms with E-state index in [-0.39, 0.29) is 17.5 Å². The van der Waals surface area contributed by atoms with Gasteiger partial charge in [0.25, 0.3) is 0 Å². The van der Waals surface area contributed by atoms with E-state index in [0.29, 0.717) is 4.47 Å². The van der Waals surface area contributed by atoms with Crippen LogP contribution in [0.5, 0.6) is 5.75 Å². The van der Waals surface area contributed by atoms with Crippen LogP contribution in [0, 0.1) is 15.9 Å². The average Bonchev–Trinajstić information content (AvgIpc) is 2.08. The Kier molecular flexibility index (Phi) is 3.62. The van der Waals surface area contributed by atoms with Crippen LogP contribution < -0.4 is 4.74 Å². The highest BCUT2D eigenvalue weighted by Crippen LogP contribution is 2.33. The number of hydrogen-bond acceptors (Lipinski definition) is 3. The number of nitro groups is 1. The molecule has 0 unspecified atom stereocenters. The molecule has 0 amide bonds. The van der Waals surface area contributed by atoms with E-state index in [0.717, 1.165) is 6.07 Å². The lowest BCUT2D eigenvalue weighted by atomic mass is 10.3. The summed E-state index contributed by atoms with van der Waals surface area (Å²) >= 11 is 2.98. The Balaban J connectivity index is 3.27. The van der Waals surface area contributed by atoms with E-state index in [2.05, 4.69) is 15.9 Å². The van der Waals surface area contributed by atoms with Crippen molar-refractivity contribution in [1.29, 1.82) is 0 Å². The second-order valence-electron chi connectivity index (χ2n) is 3.16. The smallest absolute Gasteiger partial charge is 0.315 e. The number of benzene rings is 1. The van der Waals surface area contributed by atoms with Gasteiger partial charge >= 0.3 is 5.69 Å². The maximum atomic E-state index is 13.4. The van der Waals surface area contributed by atoms with Gasteiger partial charge < -0.3 is 4.74 Å². The van der Waals surface area contributed by atoms with E-state index in [1.165, 1.54) is 6.07 Å². The van der Waals surface area contributed by atoms with Crippen LogP contribution in [0.25, 0.3) is 0 Å². The zero-order chi connectivity index (χ0) is 11.6. The summed E-state index contributed by atoms with van der Waals surface area (Å²) in [4.78, 5) is 9.97. The van der Waals surface area contributed by atoms with E-state index in [1.54, 1.807) is 13.8 Å². The molecule has 4 nitrogen and oxygen atoms in total. The number of nitrogens with zero attached hydrogens (tertiary/aromatic N) is 1. The summed E-state index contributed by atoms with van der Waals surface area (Å²) < 4.78 is 18.7. The number of ether oxygens (including phenoxy) is 1. The first-order valence-corrected chi connectivity index (χ1v) is 5.01. The molecule has 0 aromatic heterocycles. The van der Waals surface area contributed by atoms with Crippen molar-refractivity contribution in [3.8, 4) is 5.75 Å². The molecule has 0 saturated heterocycles. The zero-order valence-electron chi connectivity index (χ0n) is 8.16. The van der Waals surface area contributed by atoms with Crippen LogP contribution in [0.2, 0.25) is 0 Å². The van der Waals surface area contributed by atoms with Crippen molar-refractivity contribution in [3.63, 3.8) is 0 Å². The Bertz CT molecular complexity index is 395. The highest BCUT2D eigenvalue weighted by molar-refractivity contribution is 9.10. The Labute approximate surface area is 94.3 Å². The largest absolute Gasteiger partial charge is 0.482 e. The first-order valence-electron chi connectivity index (χ1n) is 4.22. The molecule has 0 aliphatic rings. The zero-order valence-corrected chi connectivity index (χ0v) is 9.75. The second-order valence-corrected chi connectivity index (χ2v) is 4.08. The van der Waals surface area contributed by atoms with Gasteiger partial charge in [0, 0.05) is 10.5 Å². The predicted octanol–water partition coefficient (Wildman–Crippen LogP) is 3.28. The molecule has 0 fully saturated rings. The summed E-state index contributed by atoms with van der Waals surface area (Å²) in [7, 11) is 0. The Morgan fingerprint density at radius 2 is 2.13 bits per heavy atom. The fourth-order valence-electron chi connectivity index (χ4n) is 1.03. The molecule has 0 spiro atoms. The maximum absolute atomic E-state index is 13.4. The second kappa shape index (κ2) is 4.57. The van der Waals surface area contributed by atoms with Crippen LogP contribution in [0.3, 0.4) is 0 Å². The molecule has 1 aromatic carbocycles. The minimum atomic E-state index is -0.746. The van der Waals surface area contributed by atoms with Gasteiger partial charge in [-0.1, -0.05) is 15.9 Å². The van der Waals surface area contributed by atoms with E-state index in [1.807, 2.05) is 0 Å². The van der Waals surface area contributed by atoms with Gasteiger partial charge in [0.05, 0.1) is 11.0 Å². The van der Waals surface area contributed by atoms with Gasteiger partial charge in [-0.25, -0.2) is 4.39 Å². The van der Waals surface area contributed by atoms with Gasteiger partial charge in [-0.3, -0.25) is 10.1 Å². The van der Waals surface area contributed by atoms with Crippen LogP contribution in [-0.2, 0) is 0 Å². The molecule has 6 heteroatoms. The lowest BCUT2D eigenvalue weighted by molar-refractivity contribution is -0.386. The van der Waals surface area contributed by atoms with Crippen molar-refractivity contribution < 1.29 is 14.1 Å². The van der Waals surface area contributed by atoms with Gasteiger partial charge in [0.1, 0.15) is 0 Å².